The lowest BCUT2D eigenvalue weighted by Gasteiger charge is -2.41. The van der Waals surface area contributed by atoms with Gasteiger partial charge in [0.1, 0.15) is 35.7 Å². The standard InChI is InChI=1S/C55H60ClF5N8O7/c1-29-43-41(25-38(58)47(56)46(43)45-35(51(62)72)12-13-40(48(45)60)75-23-22-70)76-55(29,33-6-4-3-5-7-33)28-63-34-10-8-31(9-11-34)53(73)68-20-16-32(39(59)27-68)26-67-18-14-30(15-19-67)44-37(57)24-36-50(49(44)61)66(2)65-52(36)69-21-17-42(71)64-54(69)74/h3-7,12-13,24-25,29-32,34,39,63,70H,8-11,14-23,26-28H2,1-2H3,(H2,62,72)(H,64,71,74)/t29-,31?,32+,34?,39+,55-/m0/s1. The van der Waals surface area contributed by atoms with Crippen LogP contribution in [0.2, 0.25) is 5.02 Å². The first-order valence-corrected chi connectivity index (χ1v) is 26.3. The number of hydrogen-bond acceptors (Lipinski definition) is 10. The Kier molecular flexibility index (Phi) is 15.1. The molecule has 3 saturated heterocycles. The van der Waals surface area contributed by atoms with Gasteiger partial charge in [0.2, 0.25) is 17.7 Å². The van der Waals surface area contributed by atoms with E-state index in [1.165, 1.54) is 34.8 Å². The van der Waals surface area contributed by atoms with E-state index in [4.69, 9.17) is 26.8 Å². The molecule has 4 atom stereocenters. The van der Waals surface area contributed by atoms with Crippen LogP contribution in [0.5, 0.6) is 11.5 Å². The maximum Gasteiger partial charge on any atom is 0.329 e. The number of amides is 5. The number of carbonyl (C=O) groups excluding carboxylic acids is 4. The molecule has 5 aromatic rings. The summed E-state index contributed by atoms with van der Waals surface area (Å²) >= 11 is 6.70. The molecule has 76 heavy (non-hydrogen) atoms. The summed E-state index contributed by atoms with van der Waals surface area (Å²) in [6, 6.07) is 13.4. The van der Waals surface area contributed by atoms with Crippen molar-refractivity contribution in [2.75, 3.05) is 63.9 Å². The van der Waals surface area contributed by atoms with Gasteiger partial charge in [-0.05, 0) is 87.7 Å². The van der Waals surface area contributed by atoms with E-state index in [2.05, 4.69) is 20.6 Å². The number of urea groups is 1. The zero-order chi connectivity index (χ0) is 53.7. The number of nitrogens with zero attached hydrogens (tertiary/aromatic N) is 5. The van der Waals surface area contributed by atoms with Crippen LogP contribution in [0.25, 0.3) is 22.0 Å². The number of aliphatic hydroxyl groups excluding tert-OH is 1. The zero-order valence-corrected chi connectivity index (χ0v) is 42.9. The van der Waals surface area contributed by atoms with Crippen LogP contribution < -0.4 is 30.7 Å². The van der Waals surface area contributed by atoms with Crippen molar-refractivity contribution >= 4 is 52.1 Å². The minimum Gasteiger partial charge on any atom is -0.488 e. The van der Waals surface area contributed by atoms with E-state index < -0.39 is 76.4 Å². The number of halogens is 6. The van der Waals surface area contributed by atoms with E-state index in [0.29, 0.717) is 76.7 Å². The highest BCUT2D eigenvalue weighted by molar-refractivity contribution is 6.34. The highest BCUT2D eigenvalue weighted by Gasteiger charge is 2.50. The predicted octanol–water partition coefficient (Wildman–Crippen LogP) is 7.97. The van der Waals surface area contributed by atoms with Crippen molar-refractivity contribution in [1.82, 2.24) is 30.2 Å². The summed E-state index contributed by atoms with van der Waals surface area (Å²) in [5.41, 5.74) is 5.00. The molecule has 1 aromatic heterocycles. The van der Waals surface area contributed by atoms with Gasteiger partial charge in [-0.25, -0.2) is 26.7 Å². The molecular weight excluding hydrogens is 1020 g/mol. The summed E-state index contributed by atoms with van der Waals surface area (Å²) in [7, 11) is 1.52. The number of imide groups is 1. The topological polar surface area (TPSA) is 185 Å². The Morgan fingerprint density at radius 2 is 1.67 bits per heavy atom. The molecule has 0 bridgehead atoms. The molecule has 0 radical (unpaired) electrons. The zero-order valence-electron chi connectivity index (χ0n) is 42.2. The van der Waals surface area contributed by atoms with Crippen LogP contribution in [0, 0.1) is 35.1 Å². The number of piperidine rings is 2. The molecule has 21 heteroatoms. The van der Waals surface area contributed by atoms with Crippen molar-refractivity contribution in [3.8, 4) is 22.6 Å². The number of rotatable bonds is 14. The lowest BCUT2D eigenvalue weighted by Crippen LogP contribution is -2.51. The van der Waals surface area contributed by atoms with Crippen LogP contribution in [-0.4, -0.2) is 120 Å². The summed E-state index contributed by atoms with van der Waals surface area (Å²) in [6.07, 6.45) is 2.59. The third kappa shape index (κ3) is 9.74. The summed E-state index contributed by atoms with van der Waals surface area (Å²) in [6.45, 7) is 3.35. The molecule has 4 aromatic carbocycles. The average Bonchev–Trinajstić information content (AvgIpc) is 3.96. The first-order valence-electron chi connectivity index (χ1n) is 26.0. The average molecular weight is 1080 g/mol. The number of ether oxygens (including phenoxy) is 2. The number of nitrogens with one attached hydrogen (secondary N) is 2. The summed E-state index contributed by atoms with van der Waals surface area (Å²) in [5, 5.41) is 19.3. The number of likely N-dealkylation sites (tertiary alicyclic amines) is 2. The normalized spacial score (nSPS) is 24.4. The fourth-order valence-electron chi connectivity index (χ4n) is 12.4. The van der Waals surface area contributed by atoms with Gasteiger partial charge in [-0.3, -0.25) is 29.3 Å². The fraction of sp³-hybridized carbons (Fsp3) is 0.473. The number of aryl methyl sites for hydroxylation is 1. The van der Waals surface area contributed by atoms with Gasteiger partial charge in [0.05, 0.1) is 29.1 Å². The number of nitrogens with two attached hydrogens (primary N) is 1. The monoisotopic (exact) mass is 1070 g/mol. The van der Waals surface area contributed by atoms with Crippen molar-refractivity contribution in [2.24, 2.45) is 24.6 Å². The first kappa shape index (κ1) is 53.1. The lowest BCUT2D eigenvalue weighted by molar-refractivity contribution is -0.140. The molecule has 5 amide bonds. The van der Waals surface area contributed by atoms with E-state index in [1.54, 1.807) is 4.90 Å². The number of fused-ring (bicyclic) bond motifs is 2. The van der Waals surface area contributed by atoms with E-state index in [9.17, 15) is 24.3 Å². The number of primary amides is 1. The predicted molar refractivity (Wildman–Crippen MR) is 273 cm³/mol. The molecule has 5 N–H and O–H groups in total. The van der Waals surface area contributed by atoms with Crippen LogP contribution in [0.3, 0.4) is 0 Å². The Labute approximate surface area is 440 Å². The minimum atomic E-state index is -1.25. The van der Waals surface area contributed by atoms with Gasteiger partial charge in [-0.15, -0.1) is 0 Å². The van der Waals surface area contributed by atoms with Crippen molar-refractivity contribution in [3.05, 3.63) is 105 Å². The largest absolute Gasteiger partial charge is 0.488 e. The number of aliphatic hydroxyl groups is 1. The highest BCUT2D eigenvalue weighted by atomic mass is 35.5. The first-order chi connectivity index (χ1) is 36.5. The van der Waals surface area contributed by atoms with Crippen LogP contribution in [0.4, 0.5) is 32.6 Å². The molecule has 1 aliphatic carbocycles. The third-order valence-electron chi connectivity index (χ3n) is 16.4. The number of carbonyl (C=O) groups is 4. The van der Waals surface area contributed by atoms with E-state index in [-0.39, 0.29) is 107 Å². The second-order valence-electron chi connectivity index (χ2n) is 20.8. The molecule has 404 valence electrons. The Morgan fingerprint density at radius 3 is 2.36 bits per heavy atom. The molecule has 15 nitrogen and oxygen atoms in total. The Morgan fingerprint density at radius 1 is 0.934 bits per heavy atom. The second kappa shape index (κ2) is 21.6. The smallest absolute Gasteiger partial charge is 0.329 e. The third-order valence-corrected chi connectivity index (χ3v) is 16.8. The van der Waals surface area contributed by atoms with Gasteiger partial charge in [-0.2, -0.15) is 5.10 Å². The quantitative estimate of drug-likeness (QED) is 0.0796. The SMILES string of the molecule is C[C@H]1c2c(cc(F)c(Cl)c2-c2c(C(N)=O)ccc(OCCO)c2F)O[C@]1(CNC1CCC(C(=O)N2CC[C@H](CN3CCC(c4c(F)cc5c(N6CCC(=O)NC6=O)nn(C)c5c4F)CC3)[C@H](F)C2)CC1)c1ccccc1. The fourth-order valence-corrected chi connectivity index (χ4v) is 12.6. The van der Waals surface area contributed by atoms with Gasteiger partial charge in [-0.1, -0.05) is 48.9 Å². The van der Waals surface area contributed by atoms with Crippen LogP contribution >= 0.6 is 11.6 Å². The highest BCUT2D eigenvalue weighted by Crippen LogP contribution is 2.57. The molecule has 5 heterocycles. The summed E-state index contributed by atoms with van der Waals surface area (Å²) < 4.78 is 94.0. The number of anilines is 1. The molecule has 5 aliphatic rings. The van der Waals surface area contributed by atoms with Crippen LogP contribution in [-0.2, 0) is 22.2 Å². The van der Waals surface area contributed by atoms with Crippen molar-refractivity contribution in [1.29, 1.82) is 0 Å². The number of aromatic nitrogens is 2. The summed E-state index contributed by atoms with van der Waals surface area (Å²) in [4.78, 5) is 56.0. The number of alkyl halides is 1. The molecule has 0 spiro atoms. The van der Waals surface area contributed by atoms with Crippen molar-refractivity contribution < 1.29 is 55.7 Å². The minimum absolute atomic E-state index is 0.0105. The molecule has 4 aliphatic heterocycles. The second-order valence-corrected chi connectivity index (χ2v) is 21.2. The lowest BCUT2D eigenvalue weighted by atomic mass is 9.77. The number of benzene rings is 4. The van der Waals surface area contributed by atoms with Gasteiger partial charge in [0, 0.05) is 91.8 Å². The Hall–Kier alpha value is -6.35. The van der Waals surface area contributed by atoms with Gasteiger partial charge in [0.15, 0.2) is 28.8 Å². The van der Waals surface area contributed by atoms with Crippen LogP contribution in [0.15, 0.2) is 54.6 Å². The van der Waals surface area contributed by atoms with E-state index in [0.717, 1.165) is 11.6 Å². The van der Waals surface area contributed by atoms with Crippen molar-refractivity contribution in [2.45, 2.75) is 87.9 Å². The molecule has 10 rings (SSSR count). The molecular formula is C55H60ClF5N8O7. The molecule has 4 fully saturated rings. The Bertz CT molecular complexity index is 3080. The summed E-state index contributed by atoms with van der Waals surface area (Å²) in [5.74, 6) is -6.62. The van der Waals surface area contributed by atoms with Gasteiger partial charge in [0.25, 0.3) is 0 Å². The molecule has 0 unspecified atom stereocenters. The van der Waals surface area contributed by atoms with E-state index in [1.807, 2.05) is 37.3 Å². The maximum atomic E-state index is 16.5. The van der Waals surface area contributed by atoms with Gasteiger partial charge < -0.3 is 35.4 Å². The van der Waals surface area contributed by atoms with Gasteiger partial charge >= 0.3 is 6.03 Å². The Balaban J connectivity index is 0.749. The number of hydrogen-bond donors (Lipinski definition) is 4. The van der Waals surface area contributed by atoms with Crippen molar-refractivity contribution in [3.63, 3.8) is 0 Å². The maximum absolute atomic E-state index is 16.5. The van der Waals surface area contributed by atoms with Crippen LogP contribution in [0.1, 0.15) is 97.2 Å². The molecule has 1 saturated carbocycles. The van der Waals surface area contributed by atoms with E-state index >= 15 is 22.0 Å².